The first-order chi connectivity index (χ1) is 6.74. The van der Waals surface area contributed by atoms with Crippen LogP contribution in [0.4, 0.5) is 0 Å². The molecule has 1 aromatic rings. The number of aromatic nitrogens is 2. The van der Waals surface area contributed by atoms with Crippen LogP contribution < -0.4 is 0 Å². The largest absolute Gasteiger partial charge is 0.143 e. The fraction of sp³-hybridized carbons (Fsp3) is 0.800. The Balaban J connectivity index is 1.76. The van der Waals surface area contributed by atoms with Gasteiger partial charge in [-0.2, -0.15) is 0 Å². The maximum Gasteiger partial charge on any atom is 0.135 e. The van der Waals surface area contributed by atoms with E-state index in [1.807, 2.05) is 6.92 Å². The van der Waals surface area contributed by atoms with Crippen LogP contribution in [0.2, 0.25) is 0 Å². The minimum atomic E-state index is 0.0113. The van der Waals surface area contributed by atoms with Crippen molar-refractivity contribution in [3.8, 4) is 0 Å². The van der Waals surface area contributed by atoms with Crippen LogP contribution in [0.3, 0.4) is 0 Å². The average Bonchev–Trinajstić information content (AvgIpc) is 2.69. The first kappa shape index (κ1) is 9.10. The van der Waals surface area contributed by atoms with Crippen molar-refractivity contribution >= 4 is 22.9 Å². The Morgan fingerprint density at radius 2 is 2.00 bits per heavy atom. The van der Waals surface area contributed by atoms with Crippen molar-refractivity contribution in [2.75, 3.05) is 0 Å². The molecule has 4 heteroatoms. The third-order valence-electron chi connectivity index (χ3n) is 3.39. The fourth-order valence-electron chi connectivity index (χ4n) is 2.49. The summed E-state index contributed by atoms with van der Waals surface area (Å²) in [6.45, 7) is 1.96. The third kappa shape index (κ3) is 1.47. The molecule has 0 spiro atoms. The second kappa shape index (κ2) is 3.17. The van der Waals surface area contributed by atoms with Gasteiger partial charge in [-0.25, -0.2) is 0 Å². The molecule has 0 bridgehead atoms. The Hall–Kier alpha value is -0.150. The van der Waals surface area contributed by atoms with Crippen molar-refractivity contribution in [1.82, 2.24) is 10.2 Å². The van der Waals surface area contributed by atoms with Gasteiger partial charge in [0.25, 0.3) is 0 Å². The van der Waals surface area contributed by atoms with Crippen molar-refractivity contribution < 1.29 is 0 Å². The maximum absolute atomic E-state index is 5.97. The summed E-state index contributed by atoms with van der Waals surface area (Å²) in [5, 5.41) is 10.6. The van der Waals surface area contributed by atoms with E-state index in [9.17, 15) is 0 Å². The number of halogens is 1. The molecule has 14 heavy (non-hydrogen) atoms. The highest BCUT2D eigenvalue weighted by Gasteiger charge is 2.47. The number of rotatable bonds is 2. The summed E-state index contributed by atoms with van der Waals surface area (Å²) >= 11 is 7.68. The first-order valence-corrected chi connectivity index (χ1v) is 6.46. The molecule has 0 amide bonds. The van der Waals surface area contributed by atoms with Gasteiger partial charge in [0.1, 0.15) is 10.0 Å². The van der Waals surface area contributed by atoms with Crippen molar-refractivity contribution in [2.45, 2.75) is 37.5 Å². The molecule has 0 radical (unpaired) electrons. The fourth-order valence-corrected chi connectivity index (χ4v) is 3.57. The molecule has 76 valence electrons. The molecule has 0 saturated heterocycles. The topological polar surface area (TPSA) is 25.8 Å². The molecule has 2 aliphatic rings. The van der Waals surface area contributed by atoms with Crippen LogP contribution in [0, 0.1) is 11.8 Å². The standard InChI is InChI=1S/C10H13ClN2S/c1-5(11)9-12-13-10(14-9)8-3-6-2-7(6)4-8/h5-8H,2-4H2,1H3. The van der Waals surface area contributed by atoms with Crippen LogP contribution in [0.15, 0.2) is 0 Å². The second-order valence-electron chi connectivity index (χ2n) is 4.52. The molecule has 2 saturated carbocycles. The number of hydrogen-bond acceptors (Lipinski definition) is 3. The molecule has 0 aliphatic heterocycles. The first-order valence-electron chi connectivity index (χ1n) is 5.21. The molecular weight excluding hydrogens is 216 g/mol. The molecule has 3 atom stereocenters. The van der Waals surface area contributed by atoms with Gasteiger partial charge in [0.2, 0.25) is 0 Å². The zero-order valence-corrected chi connectivity index (χ0v) is 9.68. The quantitative estimate of drug-likeness (QED) is 0.726. The number of alkyl halides is 1. The van der Waals surface area contributed by atoms with Gasteiger partial charge in [0.05, 0.1) is 5.38 Å². The predicted octanol–water partition coefficient (Wildman–Crippen LogP) is 3.35. The number of fused-ring (bicyclic) bond motifs is 1. The molecule has 0 aromatic carbocycles. The van der Waals surface area contributed by atoms with Crippen LogP contribution >= 0.6 is 22.9 Å². The van der Waals surface area contributed by atoms with Crippen molar-refractivity contribution in [3.05, 3.63) is 10.0 Å². The van der Waals surface area contributed by atoms with E-state index in [0.29, 0.717) is 5.92 Å². The monoisotopic (exact) mass is 228 g/mol. The summed E-state index contributed by atoms with van der Waals surface area (Å²) in [5.41, 5.74) is 0. The van der Waals surface area contributed by atoms with Gasteiger partial charge in [0, 0.05) is 5.92 Å². The Morgan fingerprint density at radius 3 is 2.57 bits per heavy atom. The lowest BCUT2D eigenvalue weighted by atomic mass is 10.1. The smallest absolute Gasteiger partial charge is 0.135 e. The average molecular weight is 229 g/mol. The van der Waals surface area contributed by atoms with Crippen LogP contribution in [0.25, 0.3) is 0 Å². The van der Waals surface area contributed by atoms with Crippen molar-refractivity contribution in [3.63, 3.8) is 0 Å². The van der Waals surface area contributed by atoms with Gasteiger partial charge in [-0.05, 0) is 38.0 Å². The zero-order chi connectivity index (χ0) is 9.71. The van der Waals surface area contributed by atoms with E-state index in [4.69, 9.17) is 11.6 Å². The highest BCUT2D eigenvalue weighted by Crippen LogP contribution is 2.57. The molecule has 2 aliphatic carbocycles. The van der Waals surface area contributed by atoms with E-state index in [1.54, 1.807) is 11.3 Å². The molecule has 1 heterocycles. The summed E-state index contributed by atoms with van der Waals surface area (Å²) in [5.74, 6) is 2.72. The molecule has 3 unspecified atom stereocenters. The van der Waals surface area contributed by atoms with Gasteiger partial charge < -0.3 is 0 Å². The van der Waals surface area contributed by atoms with Crippen LogP contribution in [-0.4, -0.2) is 10.2 Å². The van der Waals surface area contributed by atoms with Crippen molar-refractivity contribution in [2.24, 2.45) is 11.8 Å². The Kier molecular flexibility index (Phi) is 2.06. The molecular formula is C10H13ClN2S. The van der Waals surface area contributed by atoms with E-state index in [0.717, 1.165) is 16.8 Å². The lowest BCUT2D eigenvalue weighted by Gasteiger charge is -2.05. The number of hydrogen-bond donors (Lipinski definition) is 0. The Labute approximate surface area is 92.7 Å². The highest BCUT2D eigenvalue weighted by atomic mass is 35.5. The SMILES string of the molecule is CC(Cl)c1nnc(C2CC3CC3C2)s1. The summed E-state index contributed by atoms with van der Waals surface area (Å²) in [4.78, 5) is 0. The van der Waals surface area contributed by atoms with Gasteiger partial charge >= 0.3 is 0 Å². The van der Waals surface area contributed by atoms with Crippen molar-refractivity contribution in [1.29, 1.82) is 0 Å². The maximum atomic E-state index is 5.97. The van der Waals surface area contributed by atoms with Gasteiger partial charge in [0.15, 0.2) is 0 Å². The van der Waals surface area contributed by atoms with E-state index >= 15 is 0 Å². The summed E-state index contributed by atoms with van der Waals surface area (Å²) in [6.07, 6.45) is 4.15. The zero-order valence-electron chi connectivity index (χ0n) is 8.11. The lowest BCUT2D eigenvalue weighted by Crippen LogP contribution is -1.94. The summed E-state index contributed by atoms with van der Waals surface area (Å²) in [7, 11) is 0. The van der Waals surface area contributed by atoms with Gasteiger partial charge in [-0.1, -0.05) is 11.3 Å². The van der Waals surface area contributed by atoms with E-state index < -0.39 is 0 Å². The molecule has 0 N–H and O–H groups in total. The minimum Gasteiger partial charge on any atom is -0.143 e. The summed E-state index contributed by atoms with van der Waals surface area (Å²) < 4.78 is 0. The Bertz CT molecular complexity index is 340. The molecule has 2 fully saturated rings. The van der Waals surface area contributed by atoms with E-state index in [-0.39, 0.29) is 5.38 Å². The van der Waals surface area contributed by atoms with E-state index in [2.05, 4.69) is 10.2 Å². The van der Waals surface area contributed by atoms with E-state index in [1.165, 1.54) is 24.3 Å². The second-order valence-corrected chi connectivity index (χ2v) is 6.21. The number of nitrogens with zero attached hydrogens (tertiary/aromatic N) is 2. The van der Waals surface area contributed by atoms with Gasteiger partial charge in [-0.15, -0.1) is 21.8 Å². The summed E-state index contributed by atoms with van der Waals surface area (Å²) in [6, 6.07) is 0. The normalized spacial score (nSPS) is 36.9. The van der Waals surface area contributed by atoms with Crippen LogP contribution in [-0.2, 0) is 0 Å². The highest BCUT2D eigenvalue weighted by molar-refractivity contribution is 7.11. The Morgan fingerprint density at radius 1 is 1.29 bits per heavy atom. The lowest BCUT2D eigenvalue weighted by molar-refractivity contribution is 0.614. The van der Waals surface area contributed by atoms with Crippen LogP contribution in [0.5, 0.6) is 0 Å². The third-order valence-corrected chi connectivity index (χ3v) is 4.99. The molecule has 1 aromatic heterocycles. The van der Waals surface area contributed by atoms with Gasteiger partial charge in [-0.3, -0.25) is 0 Å². The van der Waals surface area contributed by atoms with Crippen LogP contribution in [0.1, 0.15) is 47.5 Å². The molecule has 2 nitrogen and oxygen atoms in total. The minimum absolute atomic E-state index is 0.0113. The predicted molar refractivity (Wildman–Crippen MR) is 57.7 cm³/mol. The molecule has 3 rings (SSSR count).